The van der Waals surface area contributed by atoms with E-state index < -0.39 is 0 Å². The van der Waals surface area contributed by atoms with Crippen LogP contribution >= 0.6 is 11.3 Å². The third-order valence-electron chi connectivity index (χ3n) is 3.95. The highest BCUT2D eigenvalue weighted by Gasteiger charge is 2.29. The molecular weight excluding hydrogens is 300 g/mol. The van der Waals surface area contributed by atoms with Crippen molar-refractivity contribution in [2.45, 2.75) is 26.3 Å². The van der Waals surface area contributed by atoms with Crippen molar-refractivity contribution in [3.05, 3.63) is 22.7 Å². The van der Waals surface area contributed by atoms with E-state index in [-0.39, 0.29) is 11.4 Å². The van der Waals surface area contributed by atoms with Gasteiger partial charge in [-0.15, -0.1) is 16.4 Å². The molecule has 22 heavy (non-hydrogen) atoms. The first-order valence-corrected chi connectivity index (χ1v) is 8.20. The van der Waals surface area contributed by atoms with Gasteiger partial charge in [-0.3, -0.25) is 9.69 Å². The number of carbonyl (C=O) groups is 1. The van der Waals surface area contributed by atoms with Gasteiger partial charge in [0.1, 0.15) is 11.2 Å². The Morgan fingerprint density at radius 1 is 1.23 bits per heavy atom. The second kappa shape index (κ2) is 5.77. The van der Waals surface area contributed by atoms with Gasteiger partial charge in [-0.25, -0.2) is 0 Å². The molecule has 0 aliphatic carbocycles. The summed E-state index contributed by atoms with van der Waals surface area (Å²) < 4.78 is 1.54. The third-order valence-corrected chi connectivity index (χ3v) is 4.84. The van der Waals surface area contributed by atoms with Crippen molar-refractivity contribution in [3.63, 3.8) is 0 Å². The number of hydrogen-bond acceptors (Lipinski definition) is 6. The van der Waals surface area contributed by atoms with Crippen LogP contribution < -0.4 is 0 Å². The van der Waals surface area contributed by atoms with Gasteiger partial charge in [0.05, 0.1) is 5.69 Å². The van der Waals surface area contributed by atoms with E-state index in [4.69, 9.17) is 0 Å². The quantitative estimate of drug-likeness (QED) is 0.834. The second-order valence-electron chi connectivity index (χ2n) is 6.34. The largest absolute Gasteiger partial charge is 0.335 e. The van der Waals surface area contributed by atoms with Crippen LogP contribution in [0.15, 0.2) is 17.8 Å². The molecule has 3 heterocycles. The molecule has 2 aromatic rings. The number of hydrogen-bond donors (Lipinski definition) is 0. The summed E-state index contributed by atoms with van der Waals surface area (Å²) in [5.41, 5.74) is 0.897. The summed E-state index contributed by atoms with van der Waals surface area (Å²) >= 11 is 1.43. The molecule has 1 aliphatic heterocycles. The van der Waals surface area contributed by atoms with E-state index in [0.717, 1.165) is 31.9 Å². The van der Waals surface area contributed by atoms with Crippen molar-refractivity contribution >= 4 is 17.2 Å². The fourth-order valence-corrected chi connectivity index (χ4v) is 3.48. The zero-order chi connectivity index (χ0) is 15.7. The maximum Gasteiger partial charge on any atom is 0.266 e. The summed E-state index contributed by atoms with van der Waals surface area (Å²) in [5, 5.41) is 13.0. The SMILES string of the molecule is CC(C)(C)N1CCN(C(=O)c2sccc2-n2cnnn2)CC1. The van der Waals surface area contributed by atoms with Gasteiger partial charge in [0.2, 0.25) is 0 Å². The minimum atomic E-state index is 0.0639. The highest BCUT2D eigenvalue weighted by molar-refractivity contribution is 7.12. The van der Waals surface area contributed by atoms with Gasteiger partial charge in [0.15, 0.2) is 0 Å². The highest BCUT2D eigenvalue weighted by Crippen LogP contribution is 2.23. The number of amides is 1. The van der Waals surface area contributed by atoms with Crippen LogP contribution in [0.1, 0.15) is 30.4 Å². The van der Waals surface area contributed by atoms with Gasteiger partial charge in [-0.2, -0.15) is 4.68 Å². The molecule has 1 saturated heterocycles. The Balaban J connectivity index is 1.73. The van der Waals surface area contributed by atoms with Crippen molar-refractivity contribution in [1.82, 2.24) is 30.0 Å². The first kappa shape index (κ1) is 15.1. The molecule has 0 spiro atoms. The Morgan fingerprint density at radius 2 is 1.95 bits per heavy atom. The highest BCUT2D eigenvalue weighted by atomic mass is 32.1. The lowest BCUT2D eigenvalue weighted by Gasteiger charge is -2.42. The standard InChI is InChI=1S/C14H20N6OS/c1-14(2,3)19-7-5-18(6-8-19)13(21)12-11(4-9-22-12)20-10-15-16-17-20/h4,9-10H,5-8H2,1-3H3. The van der Waals surface area contributed by atoms with Crippen LogP contribution in [0.25, 0.3) is 5.69 Å². The Hall–Kier alpha value is -1.80. The fourth-order valence-electron chi connectivity index (χ4n) is 2.64. The van der Waals surface area contributed by atoms with Gasteiger partial charge in [-0.05, 0) is 42.6 Å². The molecule has 0 radical (unpaired) electrons. The Labute approximate surface area is 133 Å². The van der Waals surface area contributed by atoms with Crippen LogP contribution in [0.2, 0.25) is 0 Å². The summed E-state index contributed by atoms with van der Waals surface area (Å²) in [6.45, 7) is 9.94. The van der Waals surface area contributed by atoms with E-state index in [9.17, 15) is 4.79 Å². The van der Waals surface area contributed by atoms with E-state index in [1.165, 1.54) is 22.3 Å². The lowest BCUT2D eigenvalue weighted by molar-refractivity contribution is 0.0454. The predicted molar refractivity (Wildman–Crippen MR) is 84.3 cm³/mol. The van der Waals surface area contributed by atoms with E-state index in [0.29, 0.717) is 4.88 Å². The molecule has 0 saturated carbocycles. The summed E-state index contributed by atoms with van der Waals surface area (Å²) in [4.78, 5) is 17.8. The molecule has 7 nitrogen and oxygen atoms in total. The van der Waals surface area contributed by atoms with Crippen LogP contribution in [-0.2, 0) is 0 Å². The molecule has 8 heteroatoms. The molecule has 3 rings (SSSR count). The lowest BCUT2D eigenvalue weighted by Crippen LogP contribution is -2.54. The molecule has 0 aromatic carbocycles. The first-order chi connectivity index (χ1) is 10.5. The van der Waals surface area contributed by atoms with Crippen molar-refractivity contribution in [1.29, 1.82) is 0 Å². The molecule has 1 aliphatic rings. The maximum atomic E-state index is 12.8. The van der Waals surface area contributed by atoms with Gasteiger partial charge >= 0.3 is 0 Å². The van der Waals surface area contributed by atoms with Crippen LogP contribution in [0, 0.1) is 0 Å². The number of carbonyl (C=O) groups excluding carboxylic acids is 1. The Bertz CT molecular complexity index is 637. The Kier molecular flexibility index (Phi) is 3.96. The summed E-state index contributed by atoms with van der Waals surface area (Å²) in [6.07, 6.45) is 1.51. The first-order valence-electron chi connectivity index (χ1n) is 7.32. The van der Waals surface area contributed by atoms with Crippen LogP contribution in [-0.4, -0.2) is 67.6 Å². The minimum absolute atomic E-state index is 0.0639. The number of tetrazole rings is 1. The maximum absolute atomic E-state index is 12.8. The van der Waals surface area contributed by atoms with Crippen LogP contribution in [0.3, 0.4) is 0 Å². The topological polar surface area (TPSA) is 67.2 Å². The molecule has 0 N–H and O–H groups in total. The van der Waals surface area contributed by atoms with Gasteiger partial charge in [0, 0.05) is 31.7 Å². The Morgan fingerprint density at radius 3 is 2.55 bits per heavy atom. The predicted octanol–water partition coefficient (Wildman–Crippen LogP) is 1.28. The zero-order valence-electron chi connectivity index (χ0n) is 13.1. The molecule has 1 fully saturated rings. The van der Waals surface area contributed by atoms with Gasteiger partial charge in [-0.1, -0.05) is 0 Å². The van der Waals surface area contributed by atoms with E-state index >= 15 is 0 Å². The van der Waals surface area contributed by atoms with Crippen molar-refractivity contribution in [3.8, 4) is 5.69 Å². The fraction of sp³-hybridized carbons (Fsp3) is 0.571. The van der Waals surface area contributed by atoms with Gasteiger partial charge in [0.25, 0.3) is 5.91 Å². The normalized spacial score (nSPS) is 17.0. The number of aromatic nitrogens is 4. The number of rotatable bonds is 2. The van der Waals surface area contributed by atoms with E-state index in [2.05, 4.69) is 41.2 Å². The summed E-state index contributed by atoms with van der Waals surface area (Å²) in [6, 6.07) is 1.87. The van der Waals surface area contributed by atoms with E-state index in [1.807, 2.05) is 16.3 Å². The molecule has 118 valence electrons. The lowest BCUT2D eigenvalue weighted by atomic mass is 10.0. The summed E-state index contributed by atoms with van der Waals surface area (Å²) in [7, 11) is 0. The summed E-state index contributed by atoms with van der Waals surface area (Å²) in [5.74, 6) is 0.0639. The number of nitrogens with zero attached hydrogens (tertiary/aromatic N) is 6. The zero-order valence-corrected chi connectivity index (χ0v) is 13.9. The van der Waals surface area contributed by atoms with E-state index in [1.54, 1.807) is 0 Å². The number of thiophene rings is 1. The van der Waals surface area contributed by atoms with Crippen molar-refractivity contribution < 1.29 is 4.79 Å². The number of piperazine rings is 1. The molecule has 0 bridgehead atoms. The molecule has 2 aromatic heterocycles. The minimum Gasteiger partial charge on any atom is -0.335 e. The molecule has 0 atom stereocenters. The van der Waals surface area contributed by atoms with Crippen molar-refractivity contribution in [2.75, 3.05) is 26.2 Å². The second-order valence-corrected chi connectivity index (χ2v) is 7.26. The smallest absolute Gasteiger partial charge is 0.266 e. The van der Waals surface area contributed by atoms with Gasteiger partial charge < -0.3 is 4.90 Å². The van der Waals surface area contributed by atoms with Crippen LogP contribution in [0.4, 0.5) is 0 Å². The molecular formula is C14H20N6OS. The monoisotopic (exact) mass is 320 g/mol. The average molecular weight is 320 g/mol. The third kappa shape index (κ3) is 2.89. The van der Waals surface area contributed by atoms with Crippen molar-refractivity contribution in [2.24, 2.45) is 0 Å². The average Bonchev–Trinajstić information content (AvgIpc) is 3.16. The molecule has 1 amide bonds. The molecule has 0 unspecified atom stereocenters. The van der Waals surface area contributed by atoms with Crippen LogP contribution in [0.5, 0.6) is 0 Å².